The van der Waals surface area contributed by atoms with Crippen molar-refractivity contribution in [3.05, 3.63) is 45.5 Å². The predicted molar refractivity (Wildman–Crippen MR) is 85.7 cm³/mol. The number of hydrogen-bond donors (Lipinski definition) is 2. The molecule has 0 aliphatic heterocycles. The van der Waals surface area contributed by atoms with Crippen molar-refractivity contribution in [3.63, 3.8) is 0 Å². The number of furan rings is 1. The Bertz CT molecular complexity index is 709. The van der Waals surface area contributed by atoms with Crippen LogP contribution in [0.1, 0.15) is 33.9 Å². The summed E-state index contributed by atoms with van der Waals surface area (Å²) in [5.74, 6) is 1.49. The van der Waals surface area contributed by atoms with Gasteiger partial charge in [-0.2, -0.15) is 5.10 Å². The Kier molecular flexibility index (Phi) is 3.55. The second-order valence-electron chi connectivity index (χ2n) is 5.32. The minimum atomic E-state index is -0.0335. The lowest BCUT2D eigenvalue weighted by atomic mass is 9.77. The van der Waals surface area contributed by atoms with Gasteiger partial charge in [0.05, 0.1) is 12.0 Å². The molecule has 0 spiro atoms. The fourth-order valence-corrected chi connectivity index (χ4v) is 3.88. The summed E-state index contributed by atoms with van der Waals surface area (Å²) in [4.78, 5) is 2.66. The van der Waals surface area contributed by atoms with Gasteiger partial charge in [0.1, 0.15) is 5.76 Å². The molecule has 110 valence electrons. The average molecular weight is 302 g/mol. The summed E-state index contributed by atoms with van der Waals surface area (Å²) in [7, 11) is 0. The van der Waals surface area contributed by atoms with E-state index in [9.17, 15) is 0 Å². The van der Waals surface area contributed by atoms with Crippen LogP contribution in [0.2, 0.25) is 0 Å². The number of hydrogen-bond acceptors (Lipinski definition) is 4. The summed E-state index contributed by atoms with van der Waals surface area (Å²) in [6.07, 6.45) is 2.58. The van der Waals surface area contributed by atoms with E-state index in [1.165, 1.54) is 9.75 Å². The molecule has 4 N–H and O–H groups in total. The van der Waals surface area contributed by atoms with Crippen LogP contribution in [0.15, 0.2) is 39.1 Å². The number of rotatable bonds is 2. The summed E-state index contributed by atoms with van der Waals surface area (Å²) in [6, 6.07) is 6.27. The van der Waals surface area contributed by atoms with E-state index in [0.717, 1.165) is 23.5 Å². The molecule has 0 saturated heterocycles. The van der Waals surface area contributed by atoms with Gasteiger partial charge < -0.3 is 15.9 Å². The van der Waals surface area contributed by atoms with E-state index < -0.39 is 0 Å². The molecule has 0 aromatic carbocycles. The van der Waals surface area contributed by atoms with Crippen molar-refractivity contribution >= 4 is 23.0 Å². The first kappa shape index (κ1) is 13.9. The molecule has 2 aromatic rings. The Labute approximate surface area is 127 Å². The van der Waals surface area contributed by atoms with E-state index in [0.29, 0.717) is 5.92 Å². The second kappa shape index (κ2) is 5.37. The molecule has 5 nitrogen and oxygen atoms in total. The Morgan fingerprint density at radius 2 is 2.14 bits per heavy atom. The fraction of sp³-hybridized carbons (Fsp3) is 0.333. The molecule has 2 aromatic heterocycles. The molecule has 3 rings (SSSR count). The van der Waals surface area contributed by atoms with Crippen molar-refractivity contribution in [2.75, 3.05) is 0 Å². The maximum atomic E-state index is 5.61. The van der Waals surface area contributed by atoms with Crippen molar-refractivity contribution in [2.24, 2.45) is 27.6 Å². The van der Waals surface area contributed by atoms with Crippen molar-refractivity contribution < 1.29 is 4.42 Å². The third-order valence-electron chi connectivity index (χ3n) is 3.86. The molecule has 1 aliphatic rings. The zero-order chi connectivity index (χ0) is 15.0. The summed E-state index contributed by atoms with van der Waals surface area (Å²) in [5.41, 5.74) is 12.7. The number of guanidine groups is 1. The summed E-state index contributed by atoms with van der Waals surface area (Å²) >= 11 is 1.82. The van der Waals surface area contributed by atoms with Crippen molar-refractivity contribution in [3.8, 4) is 0 Å². The zero-order valence-electron chi connectivity index (χ0n) is 12.0. The zero-order valence-corrected chi connectivity index (χ0v) is 12.9. The van der Waals surface area contributed by atoms with Gasteiger partial charge in [-0.15, -0.1) is 16.4 Å². The monoisotopic (exact) mass is 302 g/mol. The quantitative estimate of drug-likeness (QED) is 0.507. The van der Waals surface area contributed by atoms with Gasteiger partial charge in [-0.3, -0.25) is 0 Å². The largest absolute Gasteiger partial charge is 0.469 e. The van der Waals surface area contributed by atoms with Crippen LogP contribution in [0.25, 0.3) is 0 Å². The normalized spacial score (nSPS) is 23.0. The molecular formula is C15H18N4OS. The molecular weight excluding hydrogens is 284 g/mol. The van der Waals surface area contributed by atoms with Crippen molar-refractivity contribution in [1.29, 1.82) is 0 Å². The van der Waals surface area contributed by atoms with E-state index in [1.54, 1.807) is 6.26 Å². The molecule has 0 saturated carbocycles. The Morgan fingerprint density at radius 3 is 2.81 bits per heavy atom. The number of thiophene rings is 1. The molecule has 21 heavy (non-hydrogen) atoms. The summed E-state index contributed by atoms with van der Waals surface area (Å²) in [5, 5.41) is 8.09. The number of nitrogens with zero attached hydrogens (tertiary/aromatic N) is 2. The highest BCUT2D eigenvalue weighted by molar-refractivity contribution is 7.12. The lowest BCUT2D eigenvalue weighted by Crippen LogP contribution is -2.28. The lowest BCUT2D eigenvalue weighted by Gasteiger charge is -2.28. The second-order valence-corrected chi connectivity index (χ2v) is 6.63. The van der Waals surface area contributed by atoms with Crippen LogP contribution in [0, 0.1) is 12.8 Å². The molecule has 6 heteroatoms. The van der Waals surface area contributed by atoms with Gasteiger partial charge in [0, 0.05) is 33.6 Å². The molecule has 1 aliphatic carbocycles. The number of aryl methyl sites for hydroxylation is 1. The molecule has 2 unspecified atom stereocenters. The van der Waals surface area contributed by atoms with Crippen LogP contribution in [-0.4, -0.2) is 11.7 Å². The van der Waals surface area contributed by atoms with Crippen LogP contribution >= 0.6 is 11.3 Å². The predicted octanol–water partition coefficient (Wildman–Crippen LogP) is 2.60. The van der Waals surface area contributed by atoms with E-state index >= 15 is 0 Å². The molecule has 0 fully saturated rings. The highest BCUT2D eigenvalue weighted by atomic mass is 32.1. The molecule has 0 amide bonds. The first-order chi connectivity index (χ1) is 10.1. The van der Waals surface area contributed by atoms with Gasteiger partial charge in [0.2, 0.25) is 5.96 Å². The lowest BCUT2D eigenvalue weighted by molar-refractivity contribution is 0.452. The van der Waals surface area contributed by atoms with Gasteiger partial charge in [-0.05, 0) is 25.1 Å². The maximum absolute atomic E-state index is 5.61. The average Bonchev–Trinajstić information content (AvgIpc) is 3.05. The molecule has 0 bridgehead atoms. The minimum absolute atomic E-state index is 0.0335. The van der Waals surface area contributed by atoms with Gasteiger partial charge >= 0.3 is 0 Å². The van der Waals surface area contributed by atoms with Gasteiger partial charge in [0.25, 0.3) is 0 Å². The van der Waals surface area contributed by atoms with Crippen LogP contribution in [-0.2, 0) is 6.42 Å². The van der Waals surface area contributed by atoms with Crippen LogP contribution < -0.4 is 11.5 Å². The third kappa shape index (κ3) is 2.58. The first-order valence-electron chi connectivity index (χ1n) is 6.86. The van der Waals surface area contributed by atoms with Crippen molar-refractivity contribution in [2.45, 2.75) is 26.2 Å². The molecule has 2 atom stereocenters. The van der Waals surface area contributed by atoms with Crippen LogP contribution in [0.3, 0.4) is 0 Å². The SMILES string of the molecule is Cc1ccc(C2Cc3occc3/C(=N/N=C(N)N)C2C)s1. The highest BCUT2D eigenvalue weighted by Gasteiger charge is 2.34. The van der Waals surface area contributed by atoms with Gasteiger partial charge in [-0.25, -0.2) is 0 Å². The van der Waals surface area contributed by atoms with E-state index in [-0.39, 0.29) is 11.9 Å². The Hall–Kier alpha value is -2.08. The fourth-order valence-electron chi connectivity index (χ4n) is 2.80. The smallest absolute Gasteiger partial charge is 0.211 e. The Morgan fingerprint density at radius 1 is 1.33 bits per heavy atom. The third-order valence-corrected chi connectivity index (χ3v) is 4.99. The molecule has 0 radical (unpaired) electrons. The number of fused-ring (bicyclic) bond motifs is 1. The van der Waals surface area contributed by atoms with Crippen molar-refractivity contribution in [1.82, 2.24) is 0 Å². The van der Waals surface area contributed by atoms with Gasteiger partial charge in [-0.1, -0.05) is 6.92 Å². The van der Waals surface area contributed by atoms with Crippen LogP contribution in [0.5, 0.6) is 0 Å². The topological polar surface area (TPSA) is 89.9 Å². The number of nitrogens with two attached hydrogens (primary N) is 2. The van der Waals surface area contributed by atoms with E-state index in [2.05, 4.69) is 36.2 Å². The standard InChI is InChI=1S/C15H18N4OS/c1-8-3-4-13(21-8)11-7-12-10(5-6-20-12)14(9(11)2)18-19-15(16)17/h3-6,9,11H,7H2,1-2H3,(H4,16,17,19)/b18-14+. The first-order valence-corrected chi connectivity index (χ1v) is 7.67. The summed E-state index contributed by atoms with van der Waals surface area (Å²) < 4.78 is 5.61. The maximum Gasteiger partial charge on any atom is 0.211 e. The highest BCUT2D eigenvalue weighted by Crippen LogP contribution is 2.40. The molecule has 2 heterocycles. The van der Waals surface area contributed by atoms with E-state index in [4.69, 9.17) is 15.9 Å². The summed E-state index contributed by atoms with van der Waals surface area (Å²) in [6.45, 7) is 4.28. The van der Waals surface area contributed by atoms with E-state index in [1.807, 2.05) is 17.4 Å². The Balaban J connectivity index is 2.04. The minimum Gasteiger partial charge on any atom is -0.469 e. The van der Waals surface area contributed by atoms with Crippen LogP contribution in [0.4, 0.5) is 0 Å². The van der Waals surface area contributed by atoms with Gasteiger partial charge in [0.15, 0.2) is 0 Å².